The number of rotatable bonds is 7. The number of carbonyl (C=O) groups excluding carboxylic acids is 1. The minimum atomic E-state index is -0.0849. The number of carbonyl (C=O) groups is 1. The van der Waals surface area contributed by atoms with E-state index in [9.17, 15) is 9.59 Å². The maximum absolute atomic E-state index is 12.9. The topological polar surface area (TPSA) is 58.4 Å². The molecule has 0 spiro atoms. The summed E-state index contributed by atoms with van der Waals surface area (Å²) < 4.78 is 1.51. The Morgan fingerprint density at radius 2 is 1.55 bits per heavy atom. The van der Waals surface area contributed by atoms with Gasteiger partial charge in [0, 0.05) is 45.0 Å². The van der Waals surface area contributed by atoms with Gasteiger partial charge in [-0.15, -0.1) is 0 Å². The summed E-state index contributed by atoms with van der Waals surface area (Å²) in [6.07, 6.45) is 0.698. The number of hydrogen-bond donors (Lipinski definition) is 0. The number of aryl methyl sites for hydroxylation is 1. The molecule has 172 valence electrons. The van der Waals surface area contributed by atoms with Crippen LogP contribution in [0.3, 0.4) is 0 Å². The molecule has 1 aliphatic heterocycles. The van der Waals surface area contributed by atoms with Crippen molar-refractivity contribution in [1.29, 1.82) is 0 Å². The van der Waals surface area contributed by atoms with Crippen molar-refractivity contribution < 1.29 is 4.79 Å². The van der Waals surface area contributed by atoms with Crippen molar-refractivity contribution in [2.24, 2.45) is 7.05 Å². The quantitative estimate of drug-likeness (QED) is 0.398. The predicted octanol–water partition coefficient (Wildman–Crippen LogP) is 3.37. The molecular formula is C26H30N4O2S. The molecular weight excluding hydrogens is 432 g/mol. The summed E-state index contributed by atoms with van der Waals surface area (Å²) in [6.45, 7) is 4.98. The number of hydrogen-bond acceptors (Lipinski definition) is 5. The van der Waals surface area contributed by atoms with Crippen molar-refractivity contribution >= 4 is 17.7 Å². The van der Waals surface area contributed by atoms with Gasteiger partial charge in [0.05, 0.1) is 11.8 Å². The van der Waals surface area contributed by atoms with Crippen molar-refractivity contribution in [2.45, 2.75) is 24.5 Å². The Hall–Kier alpha value is -2.90. The Labute approximate surface area is 199 Å². The molecule has 0 radical (unpaired) electrons. The number of aromatic nitrogens is 2. The maximum Gasteiger partial charge on any atom is 0.254 e. The van der Waals surface area contributed by atoms with Crippen LogP contribution in [0.2, 0.25) is 0 Å². The van der Waals surface area contributed by atoms with E-state index in [0.717, 1.165) is 18.8 Å². The fourth-order valence-corrected chi connectivity index (χ4v) is 5.11. The predicted molar refractivity (Wildman–Crippen MR) is 132 cm³/mol. The highest BCUT2D eigenvalue weighted by molar-refractivity contribution is 7.99. The minimum Gasteiger partial charge on any atom is -0.339 e. The second-order valence-electron chi connectivity index (χ2n) is 8.21. The third-order valence-electron chi connectivity index (χ3n) is 6.10. The highest BCUT2D eigenvalue weighted by Crippen LogP contribution is 2.29. The first-order valence-electron chi connectivity index (χ1n) is 11.4. The van der Waals surface area contributed by atoms with Crippen LogP contribution in [0.4, 0.5) is 0 Å². The summed E-state index contributed by atoms with van der Waals surface area (Å²) in [5.41, 5.74) is 3.21. The lowest BCUT2D eigenvalue weighted by molar-refractivity contribution is -0.130. The second kappa shape index (κ2) is 10.8. The van der Waals surface area contributed by atoms with E-state index < -0.39 is 0 Å². The first-order valence-corrected chi connectivity index (χ1v) is 12.4. The van der Waals surface area contributed by atoms with Gasteiger partial charge in [-0.2, -0.15) is 0 Å². The Morgan fingerprint density at radius 1 is 0.970 bits per heavy atom. The lowest BCUT2D eigenvalue weighted by Gasteiger charge is -2.39. The van der Waals surface area contributed by atoms with Crippen LogP contribution < -0.4 is 5.56 Å². The zero-order valence-electron chi connectivity index (χ0n) is 19.2. The minimum absolute atomic E-state index is 0.0849. The third-order valence-corrected chi connectivity index (χ3v) is 7.11. The maximum atomic E-state index is 12.9. The van der Waals surface area contributed by atoms with Gasteiger partial charge in [0.25, 0.3) is 5.56 Å². The van der Waals surface area contributed by atoms with Gasteiger partial charge < -0.3 is 4.90 Å². The zero-order chi connectivity index (χ0) is 23.2. The zero-order valence-corrected chi connectivity index (χ0v) is 20.0. The molecule has 0 aliphatic carbocycles. The van der Waals surface area contributed by atoms with Crippen LogP contribution in [0, 0.1) is 0 Å². The average Bonchev–Trinajstić information content (AvgIpc) is 2.86. The van der Waals surface area contributed by atoms with E-state index in [1.54, 1.807) is 13.1 Å². The molecule has 0 atom stereocenters. The number of benzene rings is 2. The summed E-state index contributed by atoms with van der Waals surface area (Å²) in [4.78, 5) is 33.9. The van der Waals surface area contributed by atoms with Gasteiger partial charge in [0.1, 0.15) is 0 Å². The van der Waals surface area contributed by atoms with Crippen molar-refractivity contribution in [1.82, 2.24) is 19.4 Å². The highest BCUT2D eigenvalue weighted by atomic mass is 32.2. The molecule has 1 saturated heterocycles. The van der Waals surface area contributed by atoms with Crippen LogP contribution >= 0.6 is 11.8 Å². The molecule has 0 unspecified atom stereocenters. The molecule has 1 aromatic heterocycles. The second-order valence-corrected chi connectivity index (χ2v) is 9.15. The SMILES string of the molecule is CCc1cc(=O)n(C)c(SCC(=O)N2CCN(C(c3ccccc3)c3ccccc3)CC2)n1. The summed E-state index contributed by atoms with van der Waals surface area (Å²) in [5, 5.41) is 0.597. The Balaban J connectivity index is 1.40. The molecule has 1 fully saturated rings. The molecule has 7 heteroatoms. The Bertz CT molecular complexity index is 1090. The molecule has 3 aromatic rings. The number of piperazine rings is 1. The molecule has 0 bridgehead atoms. The van der Waals surface area contributed by atoms with E-state index in [1.807, 2.05) is 24.0 Å². The average molecular weight is 463 g/mol. The van der Waals surface area contributed by atoms with Gasteiger partial charge in [-0.25, -0.2) is 4.98 Å². The Morgan fingerprint density at radius 3 is 2.09 bits per heavy atom. The summed E-state index contributed by atoms with van der Waals surface area (Å²) >= 11 is 1.34. The van der Waals surface area contributed by atoms with E-state index in [0.29, 0.717) is 24.7 Å². The molecule has 1 aliphatic rings. The van der Waals surface area contributed by atoms with Crippen molar-refractivity contribution in [2.75, 3.05) is 31.9 Å². The smallest absolute Gasteiger partial charge is 0.254 e. The van der Waals surface area contributed by atoms with E-state index in [1.165, 1.54) is 27.5 Å². The number of nitrogens with zero attached hydrogens (tertiary/aromatic N) is 4. The standard InChI is InChI=1S/C26H30N4O2S/c1-3-22-18-23(31)28(2)26(27-22)33-19-24(32)29-14-16-30(17-15-29)25(20-10-6-4-7-11-20)21-12-8-5-9-13-21/h4-13,18,25H,3,14-17,19H2,1-2H3. The molecule has 6 nitrogen and oxygen atoms in total. The van der Waals surface area contributed by atoms with Crippen LogP contribution in [0.5, 0.6) is 0 Å². The lowest BCUT2D eigenvalue weighted by Crippen LogP contribution is -2.50. The largest absolute Gasteiger partial charge is 0.339 e. The van der Waals surface area contributed by atoms with Crippen LogP contribution in [0.15, 0.2) is 76.7 Å². The fraction of sp³-hybridized carbons (Fsp3) is 0.346. The third kappa shape index (κ3) is 5.54. The fourth-order valence-electron chi connectivity index (χ4n) is 4.21. The van der Waals surface area contributed by atoms with Crippen LogP contribution in [-0.2, 0) is 18.3 Å². The summed E-state index contributed by atoms with van der Waals surface area (Å²) in [7, 11) is 1.70. The molecule has 1 amide bonds. The molecule has 33 heavy (non-hydrogen) atoms. The van der Waals surface area contributed by atoms with Gasteiger partial charge in [-0.3, -0.25) is 19.1 Å². The van der Waals surface area contributed by atoms with Gasteiger partial charge >= 0.3 is 0 Å². The van der Waals surface area contributed by atoms with E-state index in [-0.39, 0.29) is 23.3 Å². The number of amides is 1. The molecule has 0 saturated carbocycles. The first-order chi connectivity index (χ1) is 16.1. The van der Waals surface area contributed by atoms with E-state index in [4.69, 9.17) is 0 Å². The van der Waals surface area contributed by atoms with Gasteiger partial charge in [0.2, 0.25) is 5.91 Å². The lowest BCUT2D eigenvalue weighted by atomic mass is 9.96. The van der Waals surface area contributed by atoms with Crippen LogP contribution in [0.25, 0.3) is 0 Å². The molecule has 2 heterocycles. The molecule has 0 N–H and O–H groups in total. The number of thioether (sulfide) groups is 1. The van der Waals surface area contributed by atoms with Crippen molar-refractivity contribution in [3.63, 3.8) is 0 Å². The summed E-state index contributed by atoms with van der Waals surface area (Å²) in [5.74, 6) is 0.376. The van der Waals surface area contributed by atoms with Crippen LogP contribution in [-0.4, -0.2) is 57.2 Å². The Kier molecular flexibility index (Phi) is 7.62. The van der Waals surface area contributed by atoms with Gasteiger partial charge in [0.15, 0.2) is 5.16 Å². The normalized spacial score (nSPS) is 14.6. The van der Waals surface area contributed by atoms with Crippen LogP contribution in [0.1, 0.15) is 29.8 Å². The summed E-state index contributed by atoms with van der Waals surface area (Å²) in [6, 6.07) is 22.8. The molecule has 4 rings (SSSR count). The van der Waals surface area contributed by atoms with Gasteiger partial charge in [-0.1, -0.05) is 79.3 Å². The van der Waals surface area contributed by atoms with E-state index >= 15 is 0 Å². The first kappa shape index (κ1) is 23.3. The van der Waals surface area contributed by atoms with Gasteiger partial charge in [-0.05, 0) is 17.5 Å². The highest BCUT2D eigenvalue weighted by Gasteiger charge is 2.28. The van der Waals surface area contributed by atoms with E-state index in [2.05, 4.69) is 58.4 Å². The molecule has 2 aromatic carbocycles. The van der Waals surface area contributed by atoms with Crippen molar-refractivity contribution in [3.8, 4) is 0 Å². The van der Waals surface area contributed by atoms with Crippen molar-refractivity contribution in [3.05, 3.63) is 93.9 Å². The monoisotopic (exact) mass is 462 g/mol.